The van der Waals surface area contributed by atoms with Gasteiger partial charge in [0, 0.05) is 6.42 Å². The lowest BCUT2D eigenvalue weighted by Gasteiger charge is -2.31. The molecule has 0 unspecified atom stereocenters. The van der Waals surface area contributed by atoms with Crippen LogP contribution >= 0.6 is 0 Å². The van der Waals surface area contributed by atoms with Gasteiger partial charge in [0.1, 0.15) is 6.29 Å². The summed E-state index contributed by atoms with van der Waals surface area (Å²) in [5, 5.41) is 0. The Balaban J connectivity index is 1.36. The zero-order chi connectivity index (χ0) is 15.2. The number of hydrogen-bond acceptors (Lipinski definition) is 4. The van der Waals surface area contributed by atoms with E-state index in [2.05, 4.69) is 17.0 Å². The van der Waals surface area contributed by atoms with Crippen molar-refractivity contribution in [3.05, 3.63) is 23.8 Å². The fraction of sp³-hybridized carbons (Fsp3) is 0.611. The molecule has 0 amide bonds. The fourth-order valence-corrected chi connectivity index (χ4v) is 3.41. The maximum Gasteiger partial charge on any atom is 0.231 e. The lowest BCUT2D eigenvalue weighted by Crippen LogP contribution is -2.34. The number of aryl methyl sites for hydroxylation is 1. The maximum absolute atomic E-state index is 10.4. The highest BCUT2D eigenvalue weighted by atomic mass is 16.7. The van der Waals surface area contributed by atoms with Crippen molar-refractivity contribution < 1.29 is 14.3 Å². The van der Waals surface area contributed by atoms with Gasteiger partial charge in [0.15, 0.2) is 11.5 Å². The molecule has 2 aliphatic rings. The molecular formula is C18H25NO3. The fourth-order valence-electron chi connectivity index (χ4n) is 3.41. The molecule has 0 bridgehead atoms. The van der Waals surface area contributed by atoms with Gasteiger partial charge in [0.25, 0.3) is 0 Å². The Hall–Kier alpha value is -1.55. The summed E-state index contributed by atoms with van der Waals surface area (Å²) >= 11 is 0. The monoisotopic (exact) mass is 303 g/mol. The van der Waals surface area contributed by atoms with E-state index in [1.165, 1.54) is 37.9 Å². The molecular weight excluding hydrogens is 278 g/mol. The summed E-state index contributed by atoms with van der Waals surface area (Å²) in [5.41, 5.74) is 1.32. The second-order valence-corrected chi connectivity index (χ2v) is 6.32. The third kappa shape index (κ3) is 4.01. The van der Waals surface area contributed by atoms with Gasteiger partial charge in [-0.2, -0.15) is 0 Å². The molecule has 0 saturated carbocycles. The predicted molar refractivity (Wildman–Crippen MR) is 85.3 cm³/mol. The van der Waals surface area contributed by atoms with Crippen LogP contribution < -0.4 is 9.47 Å². The summed E-state index contributed by atoms with van der Waals surface area (Å²) in [5.74, 6) is 2.50. The number of rotatable bonds is 7. The van der Waals surface area contributed by atoms with Gasteiger partial charge in [-0.25, -0.2) is 0 Å². The average Bonchev–Trinajstić information content (AvgIpc) is 3.02. The van der Waals surface area contributed by atoms with Crippen molar-refractivity contribution in [2.24, 2.45) is 5.92 Å². The van der Waals surface area contributed by atoms with E-state index in [1.54, 1.807) is 0 Å². The van der Waals surface area contributed by atoms with Crippen molar-refractivity contribution in [3.63, 3.8) is 0 Å². The van der Waals surface area contributed by atoms with Gasteiger partial charge in [-0.3, -0.25) is 0 Å². The van der Waals surface area contributed by atoms with Gasteiger partial charge in [0.2, 0.25) is 6.79 Å². The molecule has 120 valence electrons. The van der Waals surface area contributed by atoms with Gasteiger partial charge in [-0.15, -0.1) is 0 Å². The first-order chi connectivity index (χ1) is 10.8. The molecule has 2 aliphatic heterocycles. The van der Waals surface area contributed by atoms with Gasteiger partial charge in [-0.1, -0.05) is 6.07 Å². The zero-order valence-corrected chi connectivity index (χ0v) is 13.1. The van der Waals surface area contributed by atoms with Crippen LogP contribution in [0.2, 0.25) is 0 Å². The average molecular weight is 303 g/mol. The van der Waals surface area contributed by atoms with Gasteiger partial charge >= 0.3 is 0 Å². The first kappa shape index (κ1) is 15.3. The Bertz CT molecular complexity index is 495. The molecule has 0 N–H and O–H groups in total. The zero-order valence-electron chi connectivity index (χ0n) is 13.1. The minimum absolute atomic E-state index is 0.345. The van der Waals surface area contributed by atoms with E-state index in [-0.39, 0.29) is 0 Å². The molecule has 2 heterocycles. The van der Waals surface area contributed by atoms with Gasteiger partial charge < -0.3 is 19.2 Å². The third-order valence-electron chi connectivity index (χ3n) is 4.78. The number of aldehydes is 1. The number of nitrogens with zero attached hydrogens (tertiary/aromatic N) is 1. The number of carbonyl (C=O) groups is 1. The minimum atomic E-state index is 0.345. The van der Waals surface area contributed by atoms with Crippen LogP contribution in [0.15, 0.2) is 18.2 Å². The second kappa shape index (κ2) is 7.63. The van der Waals surface area contributed by atoms with Crippen molar-refractivity contribution in [1.82, 2.24) is 4.90 Å². The first-order valence-corrected chi connectivity index (χ1v) is 8.39. The van der Waals surface area contributed by atoms with Crippen molar-refractivity contribution >= 4 is 6.29 Å². The van der Waals surface area contributed by atoms with Crippen LogP contribution in [0.3, 0.4) is 0 Å². The Morgan fingerprint density at radius 3 is 2.82 bits per heavy atom. The Morgan fingerprint density at radius 2 is 2.00 bits per heavy atom. The highest BCUT2D eigenvalue weighted by molar-refractivity contribution is 5.49. The van der Waals surface area contributed by atoms with Crippen molar-refractivity contribution in [2.45, 2.75) is 38.5 Å². The lowest BCUT2D eigenvalue weighted by atomic mass is 9.92. The second-order valence-electron chi connectivity index (χ2n) is 6.32. The summed E-state index contributed by atoms with van der Waals surface area (Å²) in [6.07, 6.45) is 7.62. The number of ether oxygens (including phenoxy) is 2. The van der Waals surface area contributed by atoms with Crippen LogP contribution in [0.5, 0.6) is 11.5 Å². The van der Waals surface area contributed by atoms with E-state index in [0.717, 1.165) is 49.5 Å². The number of carbonyl (C=O) groups excluding carboxylic acids is 1. The van der Waals surface area contributed by atoms with Crippen LogP contribution in [-0.4, -0.2) is 37.6 Å². The standard InChI is InChI=1S/C18H25NO3/c20-12-2-4-15-7-10-19(11-8-15)9-1-3-16-5-6-17-18(13-16)22-14-21-17/h5-6,12-13,15H,1-4,7-11,14H2. The molecule has 0 spiro atoms. The summed E-state index contributed by atoms with van der Waals surface area (Å²) in [6, 6.07) is 6.25. The van der Waals surface area contributed by atoms with E-state index in [4.69, 9.17) is 9.47 Å². The molecule has 0 atom stereocenters. The van der Waals surface area contributed by atoms with Gasteiger partial charge in [-0.05, 0) is 75.4 Å². The molecule has 22 heavy (non-hydrogen) atoms. The minimum Gasteiger partial charge on any atom is -0.454 e. The molecule has 4 nitrogen and oxygen atoms in total. The van der Waals surface area contributed by atoms with E-state index in [1.807, 2.05) is 6.07 Å². The lowest BCUT2D eigenvalue weighted by molar-refractivity contribution is -0.108. The molecule has 1 aromatic rings. The van der Waals surface area contributed by atoms with Crippen molar-refractivity contribution in [1.29, 1.82) is 0 Å². The topological polar surface area (TPSA) is 38.8 Å². The number of piperidine rings is 1. The van der Waals surface area contributed by atoms with Crippen LogP contribution in [0, 0.1) is 5.92 Å². The summed E-state index contributed by atoms with van der Waals surface area (Å²) in [4.78, 5) is 13.0. The highest BCUT2D eigenvalue weighted by Gasteiger charge is 2.18. The first-order valence-electron chi connectivity index (χ1n) is 8.39. The molecule has 0 aliphatic carbocycles. The van der Waals surface area contributed by atoms with Crippen molar-refractivity contribution in [2.75, 3.05) is 26.4 Å². The van der Waals surface area contributed by atoms with Crippen molar-refractivity contribution in [3.8, 4) is 11.5 Å². The quantitative estimate of drug-likeness (QED) is 0.726. The molecule has 0 radical (unpaired) electrons. The number of hydrogen-bond donors (Lipinski definition) is 0. The van der Waals surface area contributed by atoms with Gasteiger partial charge in [0.05, 0.1) is 0 Å². The van der Waals surface area contributed by atoms with Crippen LogP contribution in [0.4, 0.5) is 0 Å². The van der Waals surface area contributed by atoms with Crippen LogP contribution in [0.1, 0.15) is 37.7 Å². The third-order valence-corrected chi connectivity index (χ3v) is 4.78. The number of fused-ring (bicyclic) bond motifs is 1. The smallest absolute Gasteiger partial charge is 0.231 e. The summed E-state index contributed by atoms with van der Waals surface area (Å²) in [6.45, 7) is 3.88. The number of benzene rings is 1. The van der Waals surface area contributed by atoms with E-state index in [9.17, 15) is 4.79 Å². The maximum atomic E-state index is 10.4. The normalized spacial score (nSPS) is 18.5. The van der Waals surface area contributed by atoms with Crippen LogP contribution in [0.25, 0.3) is 0 Å². The molecule has 4 heteroatoms. The van der Waals surface area contributed by atoms with E-state index in [0.29, 0.717) is 6.79 Å². The number of likely N-dealkylation sites (tertiary alicyclic amines) is 1. The predicted octanol–water partition coefficient (Wildman–Crippen LogP) is 3.04. The Labute approximate surface area is 132 Å². The summed E-state index contributed by atoms with van der Waals surface area (Å²) in [7, 11) is 0. The molecule has 1 aromatic carbocycles. The molecule has 3 rings (SSSR count). The van der Waals surface area contributed by atoms with E-state index >= 15 is 0 Å². The molecule has 0 aromatic heterocycles. The van der Waals surface area contributed by atoms with Crippen LogP contribution in [-0.2, 0) is 11.2 Å². The Morgan fingerprint density at radius 1 is 1.18 bits per heavy atom. The molecule has 1 saturated heterocycles. The highest BCUT2D eigenvalue weighted by Crippen LogP contribution is 2.32. The SMILES string of the molecule is O=CCCC1CCN(CCCc2ccc3c(c2)OCO3)CC1. The molecule has 1 fully saturated rings. The van der Waals surface area contributed by atoms with E-state index < -0.39 is 0 Å². The largest absolute Gasteiger partial charge is 0.454 e. The summed E-state index contributed by atoms with van der Waals surface area (Å²) < 4.78 is 10.8. The Kier molecular flexibility index (Phi) is 5.33.